The first-order valence-electron chi connectivity index (χ1n) is 22.5. The number of anilines is 1. The van der Waals surface area contributed by atoms with Crippen LogP contribution in [0.3, 0.4) is 0 Å². The molecule has 2 aliphatic heterocycles. The van der Waals surface area contributed by atoms with Gasteiger partial charge < -0.3 is 62.2 Å². The number of imide groups is 2. The van der Waals surface area contributed by atoms with Crippen molar-refractivity contribution in [1.29, 1.82) is 0 Å². The lowest BCUT2D eigenvalue weighted by molar-refractivity contribution is -0.145. The maximum atomic E-state index is 13.2. The summed E-state index contributed by atoms with van der Waals surface area (Å²) < 4.78 is 65.6. The molecule has 1 fully saturated rings. The number of rotatable bonds is 43. The highest BCUT2D eigenvalue weighted by molar-refractivity contribution is 6.25. The fraction of sp³-hybridized carbons (Fsp3) is 0.750. The third-order valence-corrected chi connectivity index (χ3v) is 9.48. The number of ether oxygens (including phenoxy) is 12. The Morgan fingerprint density at radius 1 is 0.578 bits per heavy atom. The van der Waals surface area contributed by atoms with Crippen LogP contribution in [0.25, 0.3) is 0 Å². The van der Waals surface area contributed by atoms with Crippen LogP contribution in [-0.2, 0) is 71.2 Å². The average molecular weight is 914 g/mol. The molecule has 0 aromatic heterocycles. The van der Waals surface area contributed by atoms with Gasteiger partial charge in [0.2, 0.25) is 11.8 Å². The largest absolute Gasteiger partial charge is 0.463 e. The highest BCUT2D eigenvalue weighted by Crippen LogP contribution is 2.32. The first kappa shape index (κ1) is 54.7. The minimum Gasteiger partial charge on any atom is -0.463 e. The molecule has 20 heteroatoms. The van der Waals surface area contributed by atoms with Crippen LogP contribution in [0.4, 0.5) is 5.69 Å². The third-order valence-electron chi connectivity index (χ3n) is 9.48. The van der Waals surface area contributed by atoms with E-state index in [9.17, 15) is 24.0 Å². The van der Waals surface area contributed by atoms with Crippen molar-refractivity contribution < 1.29 is 80.8 Å². The summed E-state index contributed by atoms with van der Waals surface area (Å²) in [4.78, 5) is 62.5. The van der Waals surface area contributed by atoms with Gasteiger partial charge in [0, 0.05) is 25.1 Å². The first-order valence-corrected chi connectivity index (χ1v) is 22.5. The van der Waals surface area contributed by atoms with Crippen molar-refractivity contribution in [3.63, 3.8) is 0 Å². The number of carbonyl (C=O) groups excluding carboxylic acids is 5. The van der Waals surface area contributed by atoms with Gasteiger partial charge in [-0.05, 0) is 25.0 Å². The standard InChI is InChI=1S/C44H71N3O17/c1-2-3-4-5-9-40(49)64-35-34-63-33-32-62-31-30-61-29-28-60-27-26-59-25-24-58-23-22-57-21-20-56-19-18-55-17-16-54-15-14-53-13-12-45-37-8-6-7-36-41(37)44(52)47(43(36)51)38-10-11-39(48)46-42(38)50/h6-8,38,45H,2-5,9-35H2,1H3,(H,46,48,50). The van der Waals surface area contributed by atoms with Crippen LogP contribution in [0.1, 0.15) is 72.6 Å². The number of nitrogens with zero attached hydrogens (tertiary/aromatic N) is 1. The van der Waals surface area contributed by atoms with E-state index < -0.39 is 29.7 Å². The number of carbonyl (C=O) groups is 5. The molecule has 1 atom stereocenters. The summed E-state index contributed by atoms with van der Waals surface area (Å²) in [6, 6.07) is 3.89. The molecule has 0 radical (unpaired) electrons. The van der Waals surface area contributed by atoms with Crippen molar-refractivity contribution in [2.24, 2.45) is 0 Å². The van der Waals surface area contributed by atoms with Crippen LogP contribution in [0.15, 0.2) is 18.2 Å². The predicted octanol–water partition coefficient (Wildman–Crippen LogP) is 2.20. The molecule has 2 heterocycles. The number of unbranched alkanes of at least 4 members (excludes halogenated alkanes) is 3. The Morgan fingerprint density at radius 2 is 1.02 bits per heavy atom. The molecule has 0 spiro atoms. The molecule has 364 valence electrons. The minimum atomic E-state index is -1.02. The fourth-order valence-corrected chi connectivity index (χ4v) is 6.20. The van der Waals surface area contributed by atoms with E-state index in [0.29, 0.717) is 164 Å². The molecular formula is C44H71N3O17. The number of hydrogen-bond donors (Lipinski definition) is 2. The second kappa shape index (κ2) is 36.5. The molecule has 1 aromatic rings. The molecule has 1 aromatic carbocycles. The van der Waals surface area contributed by atoms with E-state index in [-0.39, 0.29) is 36.5 Å². The van der Waals surface area contributed by atoms with Crippen molar-refractivity contribution in [3.8, 4) is 0 Å². The average Bonchev–Trinajstić information content (AvgIpc) is 3.54. The van der Waals surface area contributed by atoms with Crippen LogP contribution in [-0.4, -0.2) is 199 Å². The third kappa shape index (κ3) is 24.0. The van der Waals surface area contributed by atoms with Gasteiger partial charge in [-0.3, -0.25) is 34.2 Å². The zero-order chi connectivity index (χ0) is 45.7. The SMILES string of the molecule is CCCCCCC(=O)OCCOCCOCCOCCOCCOCCOCCOCCOCCOCCOCCOCCNc1cccc2c1C(=O)N(C1CCC(=O)NC1=O)C2=O. The number of esters is 1. The molecule has 4 amide bonds. The van der Waals surface area contributed by atoms with Crippen molar-refractivity contribution in [2.75, 3.05) is 164 Å². The van der Waals surface area contributed by atoms with E-state index in [0.717, 1.165) is 30.6 Å². The second-order valence-electron chi connectivity index (χ2n) is 14.4. The minimum absolute atomic E-state index is 0.0621. The quantitative estimate of drug-likeness (QED) is 0.0544. The van der Waals surface area contributed by atoms with Crippen molar-refractivity contribution in [1.82, 2.24) is 10.2 Å². The Labute approximate surface area is 376 Å². The summed E-state index contributed by atoms with van der Waals surface area (Å²) in [6.45, 7) is 12.4. The molecular weight excluding hydrogens is 842 g/mol. The van der Waals surface area contributed by atoms with E-state index >= 15 is 0 Å². The van der Waals surface area contributed by atoms with Gasteiger partial charge in [-0.1, -0.05) is 32.3 Å². The summed E-state index contributed by atoms with van der Waals surface area (Å²) >= 11 is 0. The van der Waals surface area contributed by atoms with Gasteiger partial charge in [0.25, 0.3) is 11.8 Å². The Morgan fingerprint density at radius 3 is 1.45 bits per heavy atom. The monoisotopic (exact) mass is 913 g/mol. The van der Waals surface area contributed by atoms with E-state index in [4.69, 9.17) is 56.8 Å². The lowest BCUT2D eigenvalue weighted by Gasteiger charge is -2.27. The van der Waals surface area contributed by atoms with Gasteiger partial charge in [0.05, 0.1) is 156 Å². The van der Waals surface area contributed by atoms with Crippen LogP contribution in [0, 0.1) is 0 Å². The first-order chi connectivity index (χ1) is 31.4. The van der Waals surface area contributed by atoms with Gasteiger partial charge in [-0.2, -0.15) is 0 Å². The normalized spacial score (nSPS) is 15.0. The number of nitrogens with one attached hydrogen (secondary N) is 2. The van der Waals surface area contributed by atoms with Gasteiger partial charge in [-0.25, -0.2) is 0 Å². The van der Waals surface area contributed by atoms with Crippen molar-refractivity contribution in [2.45, 2.75) is 57.9 Å². The predicted molar refractivity (Wildman–Crippen MR) is 230 cm³/mol. The summed E-state index contributed by atoms with van der Waals surface area (Å²) in [5.41, 5.74) is 0.896. The Kier molecular flexibility index (Phi) is 31.2. The highest BCUT2D eigenvalue weighted by Gasteiger charge is 2.45. The topological polar surface area (TPSA) is 223 Å². The van der Waals surface area contributed by atoms with Crippen LogP contribution < -0.4 is 10.6 Å². The van der Waals surface area contributed by atoms with E-state index in [1.165, 1.54) is 0 Å². The maximum absolute atomic E-state index is 13.2. The maximum Gasteiger partial charge on any atom is 0.305 e. The Balaban J connectivity index is 0.960. The summed E-state index contributed by atoms with van der Waals surface area (Å²) in [5.74, 6) is -2.34. The Bertz CT molecular complexity index is 1450. The second-order valence-corrected chi connectivity index (χ2v) is 14.4. The molecule has 1 saturated heterocycles. The number of hydrogen-bond acceptors (Lipinski definition) is 18. The molecule has 64 heavy (non-hydrogen) atoms. The number of benzene rings is 1. The molecule has 2 N–H and O–H groups in total. The molecule has 3 rings (SSSR count). The van der Waals surface area contributed by atoms with Gasteiger partial charge in [0.15, 0.2) is 0 Å². The summed E-state index contributed by atoms with van der Waals surface area (Å²) in [5, 5.41) is 5.33. The lowest BCUT2D eigenvalue weighted by atomic mass is 10.0. The molecule has 0 aliphatic carbocycles. The summed E-state index contributed by atoms with van der Waals surface area (Å²) in [6.07, 6.45) is 4.86. The number of amides is 4. The van der Waals surface area contributed by atoms with Crippen molar-refractivity contribution >= 4 is 35.3 Å². The van der Waals surface area contributed by atoms with Gasteiger partial charge in [-0.15, -0.1) is 0 Å². The zero-order valence-electron chi connectivity index (χ0n) is 37.6. The van der Waals surface area contributed by atoms with E-state index in [1.54, 1.807) is 18.2 Å². The van der Waals surface area contributed by atoms with E-state index in [1.807, 2.05) is 0 Å². The zero-order valence-corrected chi connectivity index (χ0v) is 37.6. The molecule has 2 aliphatic rings. The molecule has 0 bridgehead atoms. The molecule has 1 unspecified atom stereocenters. The van der Waals surface area contributed by atoms with Crippen molar-refractivity contribution in [3.05, 3.63) is 29.3 Å². The van der Waals surface area contributed by atoms with Gasteiger partial charge in [0.1, 0.15) is 12.6 Å². The van der Waals surface area contributed by atoms with Crippen LogP contribution in [0.2, 0.25) is 0 Å². The lowest BCUT2D eigenvalue weighted by Crippen LogP contribution is -2.54. The smallest absolute Gasteiger partial charge is 0.305 e. The molecule has 0 saturated carbocycles. The van der Waals surface area contributed by atoms with Crippen LogP contribution >= 0.6 is 0 Å². The number of fused-ring (bicyclic) bond motifs is 1. The Hall–Kier alpha value is -3.67. The summed E-state index contributed by atoms with van der Waals surface area (Å²) in [7, 11) is 0. The fourth-order valence-electron chi connectivity index (χ4n) is 6.20. The number of piperidine rings is 1. The van der Waals surface area contributed by atoms with Crippen LogP contribution in [0.5, 0.6) is 0 Å². The molecule has 20 nitrogen and oxygen atoms in total. The highest BCUT2D eigenvalue weighted by atomic mass is 16.6. The van der Waals surface area contributed by atoms with Gasteiger partial charge >= 0.3 is 5.97 Å². The van der Waals surface area contributed by atoms with E-state index in [2.05, 4.69) is 17.6 Å².